The molecule has 0 saturated carbocycles. The van der Waals surface area contributed by atoms with Gasteiger partial charge in [0.25, 0.3) is 0 Å². The Morgan fingerprint density at radius 1 is 1.00 bits per heavy atom. The van der Waals surface area contributed by atoms with E-state index in [0.29, 0.717) is 29.6 Å². The van der Waals surface area contributed by atoms with Crippen molar-refractivity contribution in [3.63, 3.8) is 0 Å². The normalized spacial score (nSPS) is 14.2. The van der Waals surface area contributed by atoms with Crippen LogP contribution in [0.3, 0.4) is 0 Å². The van der Waals surface area contributed by atoms with E-state index in [1.807, 2.05) is 0 Å². The van der Waals surface area contributed by atoms with E-state index >= 15 is 0 Å². The van der Waals surface area contributed by atoms with E-state index < -0.39 is 21.6 Å². The van der Waals surface area contributed by atoms with E-state index in [2.05, 4.69) is 48.4 Å². The second-order valence-electron chi connectivity index (χ2n) is 9.42. The number of hydrogen-bond acceptors (Lipinski definition) is 8. The summed E-state index contributed by atoms with van der Waals surface area (Å²) >= 11 is 0. The summed E-state index contributed by atoms with van der Waals surface area (Å²) in [7, 11) is -1.78. The molecule has 10 nitrogen and oxygen atoms in total. The van der Waals surface area contributed by atoms with Crippen molar-refractivity contribution >= 4 is 27.9 Å². The monoisotopic (exact) mass is 474 g/mol. The van der Waals surface area contributed by atoms with E-state index in [4.69, 9.17) is 10.9 Å². The largest absolute Gasteiger partial charge is 0.290 e. The van der Waals surface area contributed by atoms with Crippen LogP contribution in [0, 0.1) is 21.8 Å². The highest BCUT2D eigenvalue weighted by molar-refractivity contribution is 7.85. The number of rotatable bonds is 18. The zero-order valence-corrected chi connectivity index (χ0v) is 20.9. The lowest BCUT2D eigenvalue weighted by Gasteiger charge is -2.27. The van der Waals surface area contributed by atoms with E-state index in [-0.39, 0.29) is 10.8 Å². The van der Waals surface area contributed by atoms with Crippen LogP contribution < -0.4 is 0 Å². The first-order chi connectivity index (χ1) is 14.6. The lowest BCUT2D eigenvalue weighted by atomic mass is 9.88. The molecule has 1 aromatic rings. The maximum atomic E-state index is 12.3. The van der Waals surface area contributed by atoms with Crippen LogP contribution in [-0.4, -0.2) is 69.5 Å². The molecule has 0 radical (unpaired) electrons. The summed E-state index contributed by atoms with van der Waals surface area (Å²) in [4.78, 5) is 0. The fourth-order valence-electron chi connectivity index (χ4n) is 3.41. The summed E-state index contributed by atoms with van der Waals surface area (Å²) in [5.41, 5.74) is 6.96. The lowest BCUT2D eigenvalue weighted by Crippen LogP contribution is -2.29. The van der Waals surface area contributed by atoms with Crippen molar-refractivity contribution in [2.75, 3.05) is 29.6 Å². The van der Waals surface area contributed by atoms with Gasteiger partial charge in [-0.05, 0) is 53.4 Å². The highest BCUT2D eigenvalue weighted by Crippen LogP contribution is 2.25. The number of nitrogens with one attached hydrogen (secondary N) is 2. The lowest BCUT2D eigenvalue weighted by molar-refractivity contribution is 0.232. The predicted molar refractivity (Wildman–Crippen MR) is 125 cm³/mol. The average Bonchev–Trinajstić information content (AvgIpc) is 3.18. The van der Waals surface area contributed by atoms with Crippen LogP contribution in [0.25, 0.3) is 0 Å². The molecule has 0 aliphatic carbocycles. The summed E-state index contributed by atoms with van der Waals surface area (Å²) in [6.07, 6.45) is 6.88. The van der Waals surface area contributed by atoms with E-state index in [0.717, 1.165) is 45.0 Å². The third-order valence-electron chi connectivity index (χ3n) is 5.04. The van der Waals surface area contributed by atoms with Gasteiger partial charge >= 0.3 is 0 Å². The second-order valence-corrected chi connectivity index (χ2v) is 12.8. The van der Waals surface area contributed by atoms with Crippen LogP contribution in [0.5, 0.6) is 0 Å². The Morgan fingerprint density at radius 3 is 2.03 bits per heavy atom. The summed E-state index contributed by atoms with van der Waals surface area (Å²) in [6, 6.07) is 0. The topological polar surface area (TPSA) is 141 Å². The van der Waals surface area contributed by atoms with E-state index in [1.165, 1.54) is 5.01 Å². The molecule has 2 N–H and O–H groups in total. The summed E-state index contributed by atoms with van der Waals surface area (Å²) in [5, 5.41) is 23.0. The minimum Gasteiger partial charge on any atom is -0.290 e. The zero-order valence-electron chi connectivity index (χ0n) is 19.2. The van der Waals surface area contributed by atoms with Crippen molar-refractivity contribution in [2.45, 2.75) is 66.3 Å². The molecule has 0 aromatic carbocycles. The molecule has 1 heterocycles. The average molecular weight is 475 g/mol. The summed E-state index contributed by atoms with van der Waals surface area (Å²) < 4.78 is 26.2. The maximum Gasteiger partial charge on any atom is 0.138 e. The highest BCUT2D eigenvalue weighted by atomic mass is 32.2. The van der Waals surface area contributed by atoms with Crippen molar-refractivity contribution in [2.24, 2.45) is 16.1 Å². The van der Waals surface area contributed by atoms with Gasteiger partial charge in [-0.25, -0.2) is 9.69 Å². The van der Waals surface area contributed by atoms with Gasteiger partial charge in [-0.3, -0.25) is 13.8 Å². The standard InChI is InChI=1S/C19H38N8O2S2/c1-18(2,14-26(16-20)23-21)8-5-10-30(28)12-7-13-31(29)11-6-9-19(3,4)15-27-17-22-24-25-27/h16-17,20-21H,5-15H2,1-4H3. The Morgan fingerprint density at radius 2 is 1.55 bits per heavy atom. The van der Waals surface area contributed by atoms with Gasteiger partial charge < -0.3 is 0 Å². The molecule has 0 amide bonds. The summed E-state index contributed by atoms with van der Waals surface area (Å²) in [6.45, 7) is 9.67. The van der Waals surface area contributed by atoms with Crippen molar-refractivity contribution in [1.82, 2.24) is 25.2 Å². The Balaban J connectivity index is 2.14. The fraction of sp³-hybridized carbons (Fsp3) is 0.895. The van der Waals surface area contributed by atoms with Gasteiger partial charge in [0, 0.05) is 57.7 Å². The molecule has 0 spiro atoms. The van der Waals surface area contributed by atoms with Crippen molar-refractivity contribution in [1.29, 1.82) is 10.9 Å². The SMILES string of the molecule is CC(C)(CCCS(=O)CCCS(=O)CCCC(C)(C)Cn1cnnn1)CN(C=N)N=N. The molecule has 12 heteroatoms. The van der Waals surface area contributed by atoms with Crippen LogP contribution in [0.2, 0.25) is 0 Å². The predicted octanol–water partition coefficient (Wildman–Crippen LogP) is 3.03. The molecule has 0 fully saturated rings. The first-order valence-corrected chi connectivity index (χ1v) is 13.6. The number of aromatic nitrogens is 4. The number of tetrazole rings is 1. The number of nitrogens with zero attached hydrogens (tertiary/aromatic N) is 6. The minimum atomic E-state index is -0.901. The van der Waals surface area contributed by atoms with Crippen LogP contribution in [0.1, 0.15) is 59.8 Å². The second kappa shape index (κ2) is 13.8. The third-order valence-corrected chi connectivity index (χ3v) is 8.02. The molecule has 0 saturated heterocycles. The zero-order chi connectivity index (χ0) is 23.3. The molecule has 31 heavy (non-hydrogen) atoms. The van der Waals surface area contributed by atoms with Gasteiger partial charge in [-0.15, -0.1) is 5.10 Å². The Bertz CT molecular complexity index is 702. The Labute approximate surface area is 190 Å². The van der Waals surface area contributed by atoms with Crippen molar-refractivity contribution in [3.05, 3.63) is 6.33 Å². The fourth-order valence-corrected chi connectivity index (χ4v) is 5.86. The van der Waals surface area contributed by atoms with Gasteiger partial charge in [0.2, 0.25) is 0 Å². The molecular weight excluding hydrogens is 436 g/mol. The van der Waals surface area contributed by atoms with Gasteiger partial charge in [-0.2, -0.15) is 5.53 Å². The highest BCUT2D eigenvalue weighted by Gasteiger charge is 2.21. The van der Waals surface area contributed by atoms with Crippen molar-refractivity contribution in [3.8, 4) is 0 Å². The van der Waals surface area contributed by atoms with Crippen LogP contribution in [0.15, 0.2) is 11.6 Å². The Kier molecular flexibility index (Phi) is 12.2. The minimum absolute atomic E-state index is 0.0410. The molecule has 0 aliphatic rings. The first-order valence-electron chi connectivity index (χ1n) is 10.6. The van der Waals surface area contributed by atoms with Gasteiger partial charge in [-0.1, -0.05) is 32.9 Å². The maximum absolute atomic E-state index is 12.3. The molecule has 0 bridgehead atoms. The first kappa shape index (κ1) is 27.5. The Hall–Kier alpha value is -1.56. The molecule has 1 aromatic heterocycles. The van der Waals surface area contributed by atoms with Crippen LogP contribution in [0.4, 0.5) is 0 Å². The molecule has 0 aliphatic heterocycles. The molecule has 2 unspecified atom stereocenters. The van der Waals surface area contributed by atoms with Crippen LogP contribution >= 0.6 is 0 Å². The van der Waals surface area contributed by atoms with Gasteiger partial charge in [0.05, 0.1) is 0 Å². The molecule has 178 valence electrons. The number of hydrogen-bond donors (Lipinski definition) is 2. The molecular formula is C19H38N8O2S2. The van der Waals surface area contributed by atoms with Crippen LogP contribution in [-0.2, 0) is 28.1 Å². The third kappa shape index (κ3) is 12.8. The van der Waals surface area contributed by atoms with E-state index in [1.54, 1.807) is 11.0 Å². The smallest absolute Gasteiger partial charge is 0.138 e. The van der Waals surface area contributed by atoms with Gasteiger partial charge in [0.15, 0.2) is 0 Å². The van der Waals surface area contributed by atoms with E-state index in [9.17, 15) is 8.42 Å². The van der Waals surface area contributed by atoms with Crippen molar-refractivity contribution < 1.29 is 8.42 Å². The molecule has 1 rings (SSSR count). The quantitative estimate of drug-likeness (QED) is 0.145. The summed E-state index contributed by atoms with van der Waals surface area (Å²) in [5.74, 6) is 2.49. The molecule has 2 atom stereocenters. The van der Waals surface area contributed by atoms with Gasteiger partial charge in [0.1, 0.15) is 12.7 Å².